The Balaban J connectivity index is 2.76. The molecule has 1 atom stereocenters. The molecule has 1 amide bonds. The highest BCUT2D eigenvalue weighted by Gasteiger charge is 2.21. The Bertz CT molecular complexity index is 443. The molecule has 0 saturated carbocycles. The van der Waals surface area contributed by atoms with E-state index in [1.54, 1.807) is 12.1 Å². The number of anilines is 1. The van der Waals surface area contributed by atoms with Gasteiger partial charge < -0.3 is 15.7 Å². The van der Waals surface area contributed by atoms with Gasteiger partial charge in [-0.15, -0.1) is 0 Å². The van der Waals surface area contributed by atoms with E-state index < -0.39 is 12.0 Å². The number of carboxylic acids is 1. The monoisotopic (exact) mass is 265 g/mol. The van der Waals surface area contributed by atoms with Crippen LogP contribution in [-0.2, 0) is 4.79 Å². The summed E-state index contributed by atoms with van der Waals surface area (Å²) < 4.78 is 0. The third-order valence-corrected chi connectivity index (χ3v) is 2.60. The minimum atomic E-state index is -0.926. The van der Waals surface area contributed by atoms with Gasteiger partial charge in [0.05, 0.1) is 5.56 Å². The Morgan fingerprint density at radius 2 is 2.05 bits per heavy atom. The number of rotatable bonds is 6. The molecule has 6 heteroatoms. The van der Waals surface area contributed by atoms with E-state index >= 15 is 0 Å². The lowest BCUT2D eigenvalue weighted by Gasteiger charge is -2.18. The van der Waals surface area contributed by atoms with Gasteiger partial charge in [0, 0.05) is 12.7 Å². The largest absolute Gasteiger partial charge is 0.480 e. The van der Waals surface area contributed by atoms with E-state index in [0.717, 1.165) is 0 Å². The fourth-order valence-electron chi connectivity index (χ4n) is 1.55. The van der Waals surface area contributed by atoms with E-state index in [1.807, 2.05) is 20.8 Å². The first kappa shape index (κ1) is 14.9. The maximum absolute atomic E-state index is 11.5. The normalized spacial score (nSPS) is 12.0. The number of aliphatic carboxylic acids is 1. The van der Waals surface area contributed by atoms with Crippen molar-refractivity contribution >= 4 is 17.7 Å². The second kappa shape index (κ2) is 6.72. The van der Waals surface area contributed by atoms with E-state index in [9.17, 15) is 9.59 Å². The van der Waals surface area contributed by atoms with Gasteiger partial charge in [-0.25, -0.2) is 9.78 Å². The molecule has 1 aromatic rings. The van der Waals surface area contributed by atoms with Crippen molar-refractivity contribution in [3.05, 3.63) is 23.9 Å². The molecular formula is C13H19N3O3. The number of amides is 1. The van der Waals surface area contributed by atoms with Crippen LogP contribution in [-0.4, -0.2) is 34.6 Å². The lowest BCUT2D eigenvalue weighted by molar-refractivity contribution is -0.138. The number of carboxylic acid groups (broad SMARTS) is 1. The summed E-state index contributed by atoms with van der Waals surface area (Å²) >= 11 is 0. The average Bonchev–Trinajstić information content (AvgIpc) is 2.36. The Hall–Kier alpha value is -2.11. The number of nitrogens with one attached hydrogen (secondary N) is 2. The van der Waals surface area contributed by atoms with E-state index in [-0.39, 0.29) is 11.8 Å². The van der Waals surface area contributed by atoms with Crippen LogP contribution < -0.4 is 10.6 Å². The van der Waals surface area contributed by atoms with Crippen molar-refractivity contribution in [2.45, 2.75) is 26.8 Å². The molecule has 6 nitrogen and oxygen atoms in total. The standard InChI is InChI=1S/C13H19N3O3/c1-4-14-12(17)9-5-6-10(15-7-9)16-11(8(2)3)13(18)19/h5-8,11H,4H2,1-3H3,(H,14,17)(H,15,16)(H,18,19)/t11-/m1/s1. The fraction of sp³-hybridized carbons (Fsp3) is 0.462. The summed E-state index contributed by atoms with van der Waals surface area (Å²) in [6.07, 6.45) is 1.42. The highest BCUT2D eigenvalue weighted by atomic mass is 16.4. The molecule has 1 heterocycles. The van der Waals surface area contributed by atoms with Crippen molar-refractivity contribution in [1.29, 1.82) is 0 Å². The number of pyridine rings is 1. The van der Waals surface area contributed by atoms with Crippen LogP contribution in [0.4, 0.5) is 5.82 Å². The molecule has 19 heavy (non-hydrogen) atoms. The first-order valence-electron chi connectivity index (χ1n) is 6.19. The van der Waals surface area contributed by atoms with Crippen LogP contribution in [0.3, 0.4) is 0 Å². The third kappa shape index (κ3) is 4.24. The van der Waals surface area contributed by atoms with Gasteiger partial charge >= 0.3 is 5.97 Å². The molecule has 0 saturated heterocycles. The van der Waals surface area contributed by atoms with Gasteiger partial charge in [-0.05, 0) is 25.0 Å². The second-order valence-electron chi connectivity index (χ2n) is 4.50. The van der Waals surface area contributed by atoms with Gasteiger partial charge in [0.2, 0.25) is 0 Å². The summed E-state index contributed by atoms with van der Waals surface area (Å²) in [6, 6.07) is 2.51. The number of hydrogen-bond donors (Lipinski definition) is 3. The molecule has 1 rings (SSSR count). The van der Waals surface area contributed by atoms with Gasteiger partial charge in [0.1, 0.15) is 11.9 Å². The molecule has 0 aliphatic carbocycles. The number of carbonyl (C=O) groups excluding carboxylic acids is 1. The van der Waals surface area contributed by atoms with Crippen molar-refractivity contribution in [1.82, 2.24) is 10.3 Å². The molecule has 104 valence electrons. The van der Waals surface area contributed by atoms with E-state index in [1.165, 1.54) is 6.20 Å². The highest BCUT2D eigenvalue weighted by molar-refractivity contribution is 5.94. The lowest BCUT2D eigenvalue weighted by atomic mass is 10.1. The summed E-state index contributed by atoms with van der Waals surface area (Å²) in [5.74, 6) is -0.749. The maximum atomic E-state index is 11.5. The van der Waals surface area contributed by atoms with Crippen molar-refractivity contribution in [2.75, 3.05) is 11.9 Å². The van der Waals surface area contributed by atoms with Gasteiger partial charge in [-0.3, -0.25) is 4.79 Å². The second-order valence-corrected chi connectivity index (χ2v) is 4.50. The van der Waals surface area contributed by atoms with E-state index in [2.05, 4.69) is 15.6 Å². The number of carbonyl (C=O) groups is 2. The van der Waals surface area contributed by atoms with Crippen molar-refractivity contribution in [3.8, 4) is 0 Å². The predicted molar refractivity (Wildman–Crippen MR) is 72.1 cm³/mol. The fourth-order valence-corrected chi connectivity index (χ4v) is 1.55. The highest BCUT2D eigenvalue weighted by Crippen LogP contribution is 2.11. The zero-order valence-electron chi connectivity index (χ0n) is 11.3. The van der Waals surface area contributed by atoms with Crippen LogP contribution in [0.1, 0.15) is 31.1 Å². The van der Waals surface area contributed by atoms with Crippen LogP contribution in [0.25, 0.3) is 0 Å². The Morgan fingerprint density at radius 1 is 1.37 bits per heavy atom. The smallest absolute Gasteiger partial charge is 0.326 e. The van der Waals surface area contributed by atoms with Crippen LogP contribution in [0, 0.1) is 5.92 Å². The summed E-state index contributed by atoms with van der Waals surface area (Å²) in [4.78, 5) is 26.6. The minimum Gasteiger partial charge on any atom is -0.480 e. The van der Waals surface area contributed by atoms with Crippen molar-refractivity contribution in [3.63, 3.8) is 0 Å². The molecule has 0 bridgehead atoms. The zero-order chi connectivity index (χ0) is 14.4. The van der Waals surface area contributed by atoms with Crippen LogP contribution in [0.5, 0.6) is 0 Å². The molecule has 0 fully saturated rings. The first-order chi connectivity index (χ1) is 8.95. The summed E-state index contributed by atoms with van der Waals surface area (Å²) in [5, 5.41) is 14.6. The van der Waals surface area contributed by atoms with Crippen LogP contribution in [0.2, 0.25) is 0 Å². The van der Waals surface area contributed by atoms with Gasteiger partial charge in [-0.2, -0.15) is 0 Å². The predicted octanol–water partition coefficient (Wildman–Crippen LogP) is 1.35. The van der Waals surface area contributed by atoms with E-state index in [4.69, 9.17) is 5.11 Å². The topological polar surface area (TPSA) is 91.3 Å². The maximum Gasteiger partial charge on any atom is 0.326 e. The van der Waals surface area contributed by atoms with E-state index in [0.29, 0.717) is 17.9 Å². The summed E-state index contributed by atoms with van der Waals surface area (Å²) in [7, 11) is 0. The summed E-state index contributed by atoms with van der Waals surface area (Å²) in [6.45, 7) is 6.01. The Morgan fingerprint density at radius 3 is 2.47 bits per heavy atom. The summed E-state index contributed by atoms with van der Waals surface area (Å²) in [5.41, 5.74) is 0.448. The van der Waals surface area contributed by atoms with Crippen molar-refractivity contribution < 1.29 is 14.7 Å². The Labute approximate surface area is 112 Å². The van der Waals surface area contributed by atoms with Gasteiger partial charge in [0.15, 0.2) is 0 Å². The number of nitrogens with zero attached hydrogens (tertiary/aromatic N) is 1. The minimum absolute atomic E-state index is 0.0673. The molecule has 0 aliphatic heterocycles. The molecule has 3 N–H and O–H groups in total. The Kier molecular flexibility index (Phi) is 5.29. The molecule has 1 aromatic heterocycles. The molecule has 0 aromatic carbocycles. The molecule has 0 aliphatic rings. The molecule has 0 spiro atoms. The molecular weight excluding hydrogens is 246 g/mol. The number of hydrogen-bond acceptors (Lipinski definition) is 4. The average molecular weight is 265 g/mol. The van der Waals surface area contributed by atoms with Crippen LogP contribution >= 0.6 is 0 Å². The van der Waals surface area contributed by atoms with Crippen LogP contribution in [0.15, 0.2) is 18.3 Å². The quantitative estimate of drug-likeness (QED) is 0.722. The molecule has 0 unspecified atom stereocenters. The SMILES string of the molecule is CCNC(=O)c1ccc(N[C@@H](C(=O)O)C(C)C)nc1. The third-order valence-electron chi connectivity index (χ3n) is 2.60. The molecule has 0 radical (unpaired) electrons. The first-order valence-corrected chi connectivity index (χ1v) is 6.19. The number of aromatic nitrogens is 1. The van der Waals surface area contributed by atoms with Gasteiger partial charge in [0.25, 0.3) is 5.91 Å². The zero-order valence-corrected chi connectivity index (χ0v) is 11.3. The van der Waals surface area contributed by atoms with Crippen molar-refractivity contribution in [2.24, 2.45) is 5.92 Å². The van der Waals surface area contributed by atoms with Gasteiger partial charge in [-0.1, -0.05) is 13.8 Å². The lowest BCUT2D eigenvalue weighted by Crippen LogP contribution is -2.34.